The van der Waals surface area contributed by atoms with Crippen LogP contribution in [0, 0.1) is 0 Å². The summed E-state index contributed by atoms with van der Waals surface area (Å²) in [5.74, 6) is 0.500. The molecule has 0 bridgehead atoms. The second-order valence-electron chi connectivity index (χ2n) is 7.99. The van der Waals surface area contributed by atoms with Gasteiger partial charge in [0.15, 0.2) is 5.96 Å². The highest BCUT2D eigenvalue weighted by atomic mass is 16.6. The number of amides is 2. The number of guanidine groups is 1. The first-order valence-corrected chi connectivity index (χ1v) is 9.93. The van der Waals surface area contributed by atoms with Crippen LogP contribution in [0.25, 0.3) is 0 Å². The van der Waals surface area contributed by atoms with Gasteiger partial charge in [0.25, 0.3) is 0 Å². The molecule has 1 rings (SSSR count). The van der Waals surface area contributed by atoms with Crippen LogP contribution in [0.15, 0.2) is 4.99 Å². The molecule has 2 amide bonds. The highest BCUT2D eigenvalue weighted by Gasteiger charge is 2.30. The number of likely N-dealkylation sites (tertiary alicyclic amines) is 1. The van der Waals surface area contributed by atoms with Gasteiger partial charge in [-0.25, -0.2) is 9.79 Å². The largest absolute Gasteiger partial charge is 0.444 e. The van der Waals surface area contributed by atoms with E-state index in [0.717, 1.165) is 12.8 Å². The molecule has 1 saturated heterocycles. The van der Waals surface area contributed by atoms with Crippen LogP contribution in [0.4, 0.5) is 4.79 Å². The van der Waals surface area contributed by atoms with Crippen LogP contribution in [-0.4, -0.2) is 92.9 Å². The number of aliphatic imine (C=N–C) groups is 1. The molecule has 1 fully saturated rings. The van der Waals surface area contributed by atoms with Crippen molar-refractivity contribution in [1.29, 1.82) is 0 Å². The first-order valence-electron chi connectivity index (χ1n) is 9.93. The monoisotopic (exact) mass is 399 g/mol. The summed E-state index contributed by atoms with van der Waals surface area (Å²) in [7, 11) is 3.41. The fourth-order valence-electron chi connectivity index (χ4n) is 2.53. The summed E-state index contributed by atoms with van der Waals surface area (Å²) < 4.78 is 10.8. The maximum Gasteiger partial charge on any atom is 0.410 e. The Hall–Kier alpha value is -2.03. The lowest BCUT2D eigenvalue weighted by Gasteiger charge is -2.24. The van der Waals surface area contributed by atoms with E-state index < -0.39 is 5.60 Å². The van der Waals surface area contributed by atoms with Crippen molar-refractivity contribution in [2.24, 2.45) is 4.99 Å². The average Bonchev–Trinajstić information content (AvgIpc) is 3.06. The van der Waals surface area contributed by atoms with Crippen LogP contribution < -0.4 is 10.6 Å². The molecule has 1 heterocycles. The van der Waals surface area contributed by atoms with Gasteiger partial charge in [0.05, 0.1) is 0 Å². The quantitative estimate of drug-likeness (QED) is 0.360. The first kappa shape index (κ1) is 24.0. The van der Waals surface area contributed by atoms with Gasteiger partial charge < -0.3 is 29.9 Å². The lowest BCUT2D eigenvalue weighted by Crippen LogP contribution is -2.46. The van der Waals surface area contributed by atoms with Gasteiger partial charge in [0.2, 0.25) is 5.91 Å². The Morgan fingerprint density at radius 3 is 2.61 bits per heavy atom. The molecule has 0 radical (unpaired) electrons. The number of ether oxygens (including phenoxy) is 2. The van der Waals surface area contributed by atoms with E-state index >= 15 is 0 Å². The summed E-state index contributed by atoms with van der Waals surface area (Å²) >= 11 is 0. The van der Waals surface area contributed by atoms with Crippen molar-refractivity contribution >= 4 is 18.0 Å². The number of nitrogens with zero attached hydrogens (tertiary/aromatic N) is 3. The van der Waals surface area contributed by atoms with E-state index in [1.54, 1.807) is 19.0 Å². The highest BCUT2D eigenvalue weighted by molar-refractivity contribution is 5.85. The molecule has 9 nitrogen and oxygen atoms in total. The second kappa shape index (κ2) is 11.7. The minimum atomic E-state index is -0.510. The normalized spacial score (nSPS) is 17.4. The molecule has 1 aliphatic heterocycles. The molecule has 0 aromatic carbocycles. The van der Waals surface area contributed by atoms with Crippen LogP contribution in [0.1, 0.15) is 40.5 Å². The maximum absolute atomic E-state index is 12.2. The molecule has 162 valence electrons. The lowest BCUT2D eigenvalue weighted by molar-refractivity contribution is -0.127. The number of nitrogens with one attached hydrogen (secondary N) is 2. The number of hydrogen-bond acceptors (Lipinski definition) is 5. The van der Waals surface area contributed by atoms with E-state index in [-0.39, 0.29) is 24.6 Å². The van der Waals surface area contributed by atoms with Gasteiger partial charge >= 0.3 is 6.09 Å². The molecule has 1 atom stereocenters. The van der Waals surface area contributed by atoms with Crippen molar-refractivity contribution in [2.75, 3.05) is 53.5 Å². The van der Waals surface area contributed by atoms with Crippen molar-refractivity contribution < 1.29 is 19.1 Å². The van der Waals surface area contributed by atoms with Gasteiger partial charge in [-0.2, -0.15) is 0 Å². The third kappa shape index (κ3) is 9.77. The molecule has 0 aliphatic carbocycles. The third-order valence-corrected chi connectivity index (χ3v) is 4.01. The summed E-state index contributed by atoms with van der Waals surface area (Å²) in [6.07, 6.45) is 1.33. The Kier molecular flexibility index (Phi) is 10.1. The Balaban J connectivity index is 2.58. The molecule has 1 aliphatic rings. The van der Waals surface area contributed by atoms with Gasteiger partial charge in [0, 0.05) is 53.0 Å². The Morgan fingerprint density at radius 2 is 2.00 bits per heavy atom. The van der Waals surface area contributed by atoms with Crippen molar-refractivity contribution in [3.63, 3.8) is 0 Å². The summed E-state index contributed by atoms with van der Waals surface area (Å²) in [6.45, 7) is 10.8. The zero-order valence-corrected chi connectivity index (χ0v) is 18.2. The summed E-state index contributed by atoms with van der Waals surface area (Å²) in [5, 5.41) is 6.56. The van der Waals surface area contributed by atoms with Crippen LogP contribution in [0.5, 0.6) is 0 Å². The van der Waals surface area contributed by atoms with Crippen molar-refractivity contribution in [2.45, 2.75) is 52.2 Å². The van der Waals surface area contributed by atoms with E-state index in [0.29, 0.717) is 38.8 Å². The summed E-state index contributed by atoms with van der Waals surface area (Å²) in [5.41, 5.74) is -0.510. The third-order valence-electron chi connectivity index (χ3n) is 4.01. The molecule has 0 aromatic rings. The van der Waals surface area contributed by atoms with E-state index in [2.05, 4.69) is 15.6 Å². The molecule has 0 spiro atoms. The van der Waals surface area contributed by atoms with E-state index in [1.807, 2.05) is 27.7 Å². The minimum Gasteiger partial charge on any atom is -0.444 e. The van der Waals surface area contributed by atoms with Crippen LogP contribution in [0.3, 0.4) is 0 Å². The highest BCUT2D eigenvalue weighted by Crippen LogP contribution is 2.15. The SMILES string of the molecule is CCOCCCNC(=NCC(=O)N(C)C)NC1CCN(C(=O)OC(C)(C)C)C1. The van der Waals surface area contributed by atoms with E-state index in [1.165, 1.54) is 4.90 Å². The van der Waals surface area contributed by atoms with Crippen LogP contribution in [0.2, 0.25) is 0 Å². The van der Waals surface area contributed by atoms with Crippen molar-refractivity contribution in [3.8, 4) is 0 Å². The predicted molar refractivity (Wildman–Crippen MR) is 109 cm³/mol. The van der Waals surface area contributed by atoms with E-state index in [4.69, 9.17) is 9.47 Å². The average molecular weight is 400 g/mol. The minimum absolute atomic E-state index is 0.0557. The molecule has 0 aromatic heterocycles. The lowest BCUT2D eigenvalue weighted by atomic mass is 10.2. The van der Waals surface area contributed by atoms with Crippen LogP contribution in [-0.2, 0) is 14.3 Å². The Bertz CT molecular complexity index is 531. The molecule has 28 heavy (non-hydrogen) atoms. The Morgan fingerprint density at radius 1 is 1.29 bits per heavy atom. The fraction of sp³-hybridized carbons (Fsp3) is 0.842. The standard InChI is InChI=1S/C19H37N5O4/c1-7-27-12-8-10-20-17(21-13-16(25)23(5)6)22-15-9-11-24(14-15)18(26)28-19(2,3)4/h15H,7-14H2,1-6H3,(H2,20,21,22). The van der Waals surface area contributed by atoms with Gasteiger partial charge in [-0.15, -0.1) is 0 Å². The van der Waals surface area contributed by atoms with E-state index in [9.17, 15) is 9.59 Å². The van der Waals surface area contributed by atoms with Gasteiger partial charge in [-0.05, 0) is 40.5 Å². The fourth-order valence-corrected chi connectivity index (χ4v) is 2.53. The summed E-state index contributed by atoms with van der Waals surface area (Å²) in [4.78, 5) is 31.7. The number of rotatable bonds is 8. The summed E-state index contributed by atoms with van der Waals surface area (Å²) in [6, 6.07) is 0.0557. The number of hydrogen-bond donors (Lipinski definition) is 2. The number of carbonyl (C=O) groups excluding carboxylic acids is 2. The van der Waals surface area contributed by atoms with Crippen molar-refractivity contribution in [1.82, 2.24) is 20.4 Å². The molecule has 0 saturated carbocycles. The van der Waals surface area contributed by atoms with Gasteiger partial charge in [0.1, 0.15) is 12.1 Å². The first-order chi connectivity index (χ1) is 13.1. The van der Waals surface area contributed by atoms with Crippen LogP contribution >= 0.6 is 0 Å². The molecular weight excluding hydrogens is 362 g/mol. The van der Waals surface area contributed by atoms with Gasteiger partial charge in [-0.3, -0.25) is 4.79 Å². The maximum atomic E-state index is 12.2. The second-order valence-corrected chi connectivity index (χ2v) is 7.99. The number of carbonyl (C=O) groups is 2. The molecule has 1 unspecified atom stereocenters. The zero-order chi connectivity index (χ0) is 21.2. The molecule has 9 heteroatoms. The number of likely N-dealkylation sites (N-methyl/N-ethyl adjacent to an activating group) is 1. The predicted octanol–water partition coefficient (Wildman–Crippen LogP) is 1.05. The topological polar surface area (TPSA) is 95.5 Å². The molecule has 2 N–H and O–H groups in total. The van der Waals surface area contributed by atoms with Crippen molar-refractivity contribution in [3.05, 3.63) is 0 Å². The molecular formula is C19H37N5O4. The Labute approximate surface area is 168 Å². The smallest absolute Gasteiger partial charge is 0.410 e. The van der Waals surface area contributed by atoms with Gasteiger partial charge in [-0.1, -0.05) is 0 Å². The zero-order valence-electron chi connectivity index (χ0n) is 18.2.